The van der Waals surface area contributed by atoms with Gasteiger partial charge in [0.15, 0.2) is 11.9 Å². The second-order valence-corrected chi connectivity index (χ2v) is 5.22. The topological polar surface area (TPSA) is 56.5 Å². The molecule has 0 radical (unpaired) electrons. The molecule has 1 heterocycles. The Morgan fingerprint density at radius 2 is 2.10 bits per heavy atom. The molecular formula is C17H20O4. The summed E-state index contributed by atoms with van der Waals surface area (Å²) in [5, 5.41) is 0.922. The van der Waals surface area contributed by atoms with Gasteiger partial charge in [-0.2, -0.15) is 0 Å². The monoisotopic (exact) mass is 288 g/mol. The Kier molecular flexibility index (Phi) is 4.78. The van der Waals surface area contributed by atoms with E-state index in [0.29, 0.717) is 11.3 Å². The van der Waals surface area contributed by atoms with E-state index >= 15 is 0 Å². The van der Waals surface area contributed by atoms with Crippen molar-refractivity contribution in [3.63, 3.8) is 0 Å². The third-order valence-electron chi connectivity index (χ3n) is 3.49. The summed E-state index contributed by atoms with van der Waals surface area (Å²) in [6.45, 7) is 5.29. The summed E-state index contributed by atoms with van der Waals surface area (Å²) in [5.74, 6) is 0.481. The fraction of sp³-hybridized carbons (Fsp3) is 0.412. The lowest BCUT2D eigenvalue weighted by Gasteiger charge is -2.12. The third kappa shape index (κ3) is 3.72. The van der Waals surface area contributed by atoms with Gasteiger partial charge in [-0.05, 0) is 44.4 Å². The molecule has 21 heavy (non-hydrogen) atoms. The maximum Gasteiger partial charge on any atom is 0.336 e. The SMILES string of the molecule is CCCCc1cc(=O)oc2cc(OC(C)C(C)=O)ccc12. The molecule has 1 aromatic heterocycles. The van der Waals surface area contributed by atoms with E-state index in [9.17, 15) is 9.59 Å². The Hall–Kier alpha value is -2.10. The highest BCUT2D eigenvalue weighted by Crippen LogP contribution is 2.24. The second-order valence-electron chi connectivity index (χ2n) is 5.22. The quantitative estimate of drug-likeness (QED) is 0.763. The highest BCUT2D eigenvalue weighted by Gasteiger charge is 2.11. The molecule has 2 aromatic rings. The summed E-state index contributed by atoms with van der Waals surface area (Å²) >= 11 is 0. The standard InChI is InChI=1S/C17H20O4/c1-4-5-6-13-9-17(19)21-16-10-14(7-8-15(13)16)20-12(3)11(2)18/h7-10,12H,4-6H2,1-3H3. The summed E-state index contributed by atoms with van der Waals surface area (Å²) in [4.78, 5) is 22.9. The van der Waals surface area contributed by atoms with Crippen LogP contribution in [0.25, 0.3) is 11.0 Å². The van der Waals surface area contributed by atoms with Crippen molar-refractivity contribution < 1.29 is 13.9 Å². The lowest BCUT2D eigenvalue weighted by Crippen LogP contribution is -2.20. The van der Waals surface area contributed by atoms with Crippen LogP contribution in [0.15, 0.2) is 33.5 Å². The first-order valence-corrected chi connectivity index (χ1v) is 7.25. The number of benzene rings is 1. The largest absolute Gasteiger partial charge is 0.483 e. The van der Waals surface area contributed by atoms with E-state index in [1.54, 1.807) is 25.1 Å². The first kappa shape index (κ1) is 15.3. The molecule has 2 rings (SSSR count). The van der Waals surface area contributed by atoms with Gasteiger partial charge in [-0.3, -0.25) is 4.79 Å². The van der Waals surface area contributed by atoms with E-state index in [1.807, 2.05) is 6.07 Å². The van der Waals surface area contributed by atoms with Gasteiger partial charge >= 0.3 is 5.63 Å². The van der Waals surface area contributed by atoms with E-state index in [0.717, 1.165) is 30.2 Å². The van der Waals surface area contributed by atoms with Crippen molar-refractivity contribution in [2.45, 2.75) is 46.1 Å². The van der Waals surface area contributed by atoms with Crippen molar-refractivity contribution in [2.75, 3.05) is 0 Å². The minimum absolute atomic E-state index is 0.0479. The molecule has 1 unspecified atom stereocenters. The number of hydrogen-bond acceptors (Lipinski definition) is 4. The molecular weight excluding hydrogens is 268 g/mol. The molecule has 0 N–H and O–H groups in total. The van der Waals surface area contributed by atoms with Gasteiger partial charge in [-0.25, -0.2) is 4.79 Å². The number of rotatable bonds is 6. The molecule has 0 bridgehead atoms. The highest BCUT2D eigenvalue weighted by molar-refractivity contribution is 5.82. The van der Waals surface area contributed by atoms with Crippen molar-refractivity contribution in [1.29, 1.82) is 0 Å². The maximum absolute atomic E-state index is 11.6. The van der Waals surface area contributed by atoms with Crippen LogP contribution >= 0.6 is 0 Å². The molecule has 112 valence electrons. The minimum Gasteiger partial charge on any atom is -0.483 e. The molecule has 0 aliphatic heterocycles. The average Bonchev–Trinajstić information content (AvgIpc) is 2.44. The number of carbonyl (C=O) groups excluding carboxylic acids is 1. The van der Waals surface area contributed by atoms with E-state index in [-0.39, 0.29) is 11.4 Å². The van der Waals surface area contributed by atoms with Crippen LogP contribution in [0.2, 0.25) is 0 Å². The van der Waals surface area contributed by atoms with Crippen molar-refractivity contribution in [3.8, 4) is 5.75 Å². The summed E-state index contributed by atoms with van der Waals surface area (Å²) < 4.78 is 10.8. The lowest BCUT2D eigenvalue weighted by molar-refractivity contribution is -0.122. The predicted molar refractivity (Wildman–Crippen MR) is 81.9 cm³/mol. The molecule has 4 nitrogen and oxygen atoms in total. The maximum atomic E-state index is 11.6. The molecule has 0 amide bonds. The number of fused-ring (bicyclic) bond motifs is 1. The van der Waals surface area contributed by atoms with Gasteiger partial charge in [-0.1, -0.05) is 13.3 Å². The predicted octanol–water partition coefficient (Wildman–Crippen LogP) is 3.49. The Morgan fingerprint density at radius 3 is 2.76 bits per heavy atom. The van der Waals surface area contributed by atoms with Crippen molar-refractivity contribution in [2.24, 2.45) is 0 Å². The minimum atomic E-state index is -0.516. The van der Waals surface area contributed by atoms with Crippen LogP contribution in [0.1, 0.15) is 39.2 Å². The number of carbonyl (C=O) groups is 1. The van der Waals surface area contributed by atoms with Crippen LogP contribution < -0.4 is 10.4 Å². The van der Waals surface area contributed by atoms with Gasteiger partial charge in [0.25, 0.3) is 0 Å². The van der Waals surface area contributed by atoms with Crippen LogP contribution in [-0.4, -0.2) is 11.9 Å². The first-order chi connectivity index (χ1) is 10.0. The van der Waals surface area contributed by atoms with Gasteiger partial charge < -0.3 is 9.15 Å². The van der Waals surface area contributed by atoms with E-state index < -0.39 is 6.10 Å². The second kappa shape index (κ2) is 6.57. The number of aryl methyl sites for hydroxylation is 1. The Morgan fingerprint density at radius 1 is 1.33 bits per heavy atom. The Labute approximate surface area is 123 Å². The van der Waals surface area contributed by atoms with Gasteiger partial charge in [-0.15, -0.1) is 0 Å². The summed E-state index contributed by atoms with van der Waals surface area (Å²) in [6, 6.07) is 6.91. The van der Waals surface area contributed by atoms with Gasteiger partial charge in [0.2, 0.25) is 0 Å². The molecule has 1 aromatic carbocycles. The summed E-state index contributed by atoms with van der Waals surface area (Å²) in [6.07, 6.45) is 2.43. The van der Waals surface area contributed by atoms with Crippen LogP contribution in [-0.2, 0) is 11.2 Å². The number of ether oxygens (including phenoxy) is 1. The number of unbranched alkanes of at least 4 members (excludes halogenated alkanes) is 1. The average molecular weight is 288 g/mol. The van der Waals surface area contributed by atoms with Gasteiger partial charge in [0.1, 0.15) is 11.3 Å². The summed E-state index contributed by atoms with van der Waals surface area (Å²) in [5.41, 5.74) is 1.14. The van der Waals surface area contributed by atoms with Gasteiger partial charge in [0, 0.05) is 17.5 Å². The number of Topliss-reactive ketones (excluding diaryl/α,β-unsaturated/α-hetero) is 1. The van der Waals surface area contributed by atoms with Gasteiger partial charge in [0.05, 0.1) is 0 Å². The van der Waals surface area contributed by atoms with Crippen LogP contribution in [0.3, 0.4) is 0 Å². The van der Waals surface area contributed by atoms with Crippen molar-refractivity contribution in [1.82, 2.24) is 0 Å². The molecule has 0 saturated carbocycles. The lowest BCUT2D eigenvalue weighted by atomic mass is 10.0. The van der Waals surface area contributed by atoms with Crippen LogP contribution in [0.5, 0.6) is 5.75 Å². The fourth-order valence-electron chi connectivity index (χ4n) is 2.14. The van der Waals surface area contributed by atoms with Crippen LogP contribution in [0, 0.1) is 0 Å². The van der Waals surface area contributed by atoms with Crippen molar-refractivity contribution in [3.05, 3.63) is 40.2 Å². The smallest absolute Gasteiger partial charge is 0.336 e. The molecule has 0 saturated heterocycles. The molecule has 0 fully saturated rings. The third-order valence-corrected chi connectivity index (χ3v) is 3.49. The first-order valence-electron chi connectivity index (χ1n) is 7.25. The zero-order valence-electron chi connectivity index (χ0n) is 12.6. The molecule has 1 atom stereocenters. The zero-order chi connectivity index (χ0) is 15.4. The number of ketones is 1. The molecule has 0 spiro atoms. The fourth-order valence-corrected chi connectivity index (χ4v) is 2.14. The van der Waals surface area contributed by atoms with Crippen molar-refractivity contribution >= 4 is 16.8 Å². The highest BCUT2D eigenvalue weighted by atomic mass is 16.5. The molecule has 4 heteroatoms. The Balaban J connectivity index is 2.39. The normalized spacial score (nSPS) is 12.3. The molecule has 0 aliphatic carbocycles. The van der Waals surface area contributed by atoms with E-state index in [4.69, 9.17) is 9.15 Å². The Bertz CT molecular complexity index is 699. The van der Waals surface area contributed by atoms with E-state index in [2.05, 4.69) is 6.92 Å². The molecule has 0 aliphatic rings. The van der Waals surface area contributed by atoms with E-state index in [1.165, 1.54) is 6.92 Å². The number of hydrogen-bond donors (Lipinski definition) is 0. The zero-order valence-corrected chi connectivity index (χ0v) is 12.6. The summed E-state index contributed by atoms with van der Waals surface area (Å²) in [7, 11) is 0. The van der Waals surface area contributed by atoms with Crippen LogP contribution in [0.4, 0.5) is 0 Å².